The molecule has 1 amide bonds. The molecule has 82 valence electrons. The van der Waals surface area contributed by atoms with Crippen molar-refractivity contribution in [2.75, 3.05) is 11.9 Å². The van der Waals surface area contributed by atoms with E-state index in [1.54, 1.807) is 12.1 Å². The summed E-state index contributed by atoms with van der Waals surface area (Å²) < 4.78 is 0. The Bertz CT molecular complexity index is 323. The Morgan fingerprint density at radius 2 is 2.33 bits per heavy atom. The van der Waals surface area contributed by atoms with Crippen LogP contribution >= 0.6 is 0 Å². The summed E-state index contributed by atoms with van der Waals surface area (Å²) in [5, 5.41) is 3.07. The van der Waals surface area contributed by atoms with Gasteiger partial charge in [0, 0.05) is 18.8 Å². The molecule has 0 aliphatic heterocycles. The lowest BCUT2D eigenvalue weighted by Gasteiger charge is -2.10. The number of carbonyl (C=O) groups is 1. The molecule has 1 unspecified atom stereocenters. The Balaban J connectivity index is 2.53. The summed E-state index contributed by atoms with van der Waals surface area (Å²) in [7, 11) is 0. The molecule has 0 saturated carbocycles. The molecule has 1 atom stereocenters. The molecule has 1 aromatic rings. The minimum Gasteiger partial charge on any atom is -0.369 e. The highest BCUT2D eigenvalue weighted by atomic mass is 16.1. The zero-order valence-corrected chi connectivity index (χ0v) is 8.73. The minimum absolute atomic E-state index is 0.114. The second-order valence-corrected chi connectivity index (χ2v) is 3.35. The van der Waals surface area contributed by atoms with Crippen LogP contribution in [0.1, 0.15) is 23.7 Å². The minimum atomic E-state index is -0.473. The summed E-state index contributed by atoms with van der Waals surface area (Å²) in [4.78, 5) is 14.8. The molecular weight excluding hydrogens is 192 g/mol. The molecule has 15 heavy (non-hydrogen) atoms. The number of hydrogen-bond acceptors (Lipinski definition) is 4. The maximum Gasteiger partial charge on any atom is 0.250 e. The molecule has 0 aromatic carbocycles. The summed E-state index contributed by atoms with van der Waals surface area (Å²) in [5.74, 6) is 0.225. The third-order valence-corrected chi connectivity index (χ3v) is 2.12. The van der Waals surface area contributed by atoms with Crippen LogP contribution in [0, 0.1) is 0 Å². The van der Waals surface area contributed by atoms with E-state index in [1.165, 1.54) is 6.20 Å². The lowest BCUT2D eigenvalue weighted by Crippen LogP contribution is -2.28. The van der Waals surface area contributed by atoms with Gasteiger partial charge in [0.15, 0.2) is 0 Å². The number of carbonyl (C=O) groups excluding carboxylic acids is 1. The van der Waals surface area contributed by atoms with Crippen LogP contribution in [0.15, 0.2) is 18.3 Å². The van der Waals surface area contributed by atoms with Crippen LogP contribution in [0.25, 0.3) is 0 Å². The van der Waals surface area contributed by atoms with Crippen molar-refractivity contribution in [1.29, 1.82) is 0 Å². The average Bonchev–Trinajstić information content (AvgIpc) is 2.26. The molecule has 0 aliphatic carbocycles. The average molecular weight is 208 g/mol. The van der Waals surface area contributed by atoms with Crippen LogP contribution in [-0.2, 0) is 0 Å². The van der Waals surface area contributed by atoms with Crippen molar-refractivity contribution in [1.82, 2.24) is 4.98 Å². The molecule has 0 spiro atoms. The Kier molecular flexibility index (Phi) is 4.05. The Morgan fingerprint density at radius 1 is 1.60 bits per heavy atom. The van der Waals surface area contributed by atoms with Gasteiger partial charge in [-0.05, 0) is 18.6 Å². The van der Waals surface area contributed by atoms with Crippen LogP contribution in [0.5, 0.6) is 0 Å². The molecular formula is C10H16N4O. The predicted octanol–water partition coefficient (Wildman–Crippen LogP) is 0.330. The van der Waals surface area contributed by atoms with Gasteiger partial charge in [-0.2, -0.15) is 0 Å². The van der Waals surface area contributed by atoms with Gasteiger partial charge in [-0.3, -0.25) is 4.79 Å². The third-order valence-electron chi connectivity index (χ3n) is 2.12. The number of pyridine rings is 1. The Labute approximate surface area is 88.9 Å². The van der Waals surface area contributed by atoms with Gasteiger partial charge >= 0.3 is 0 Å². The second-order valence-electron chi connectivity index (χ2n) is 3.35. The number of aromatic nitrogens is 1. The van der Waals surface area contributed by atoms with Crippen molar-refractivity contribution in [2.24, 2.45) is 11.5 Å². The molecule has 0 bridgehead atoms. The van der Waals surface area contributed by atoms with Crippen LogP contribution in [0.2, 0.25) is 0 Å². The van der Waals surface area contributed by atoms with E-state index in [0.29, 0.717) is 17.9 Å². The molecule has 0 aliphatic rings. The zero-order chi connectivity index (χ0) is 11.3. The normalized spacial score (nSPS) is 12.1. The standard InChI is InChI=1S/C10H16N4O/c1-2-8(11)6-14-9-4-3-7(5-13-9)10(12)15/h3-5,8H,2,6,11H2,1H3,(H2,12,15)(H,13,14). The van der Waals surface area contributed by atoms with Gasteiger partial charge in [0.05, 0.1) is 5.56 Å². The number of anilines is 1. The van der Waals surface area contributed by atoms with E-state index in [0.717, 1.165) is 6.42 Å². The number of primary amides is 1. The molecule has 1 aromatic heterocycles. The number of nitrogens with zero attached hydrogens (tertiary/aromatic N) is 1. The van der Waals surface area contributed by atoms with Gasteiger partial charge in [0.1, 0.15) is 5.82 Å². The maximum atomic E-state index is 10.8. The number of nitrogens with one attached hydrogen (secondary N) is 1. The molecule has 5 N–H and O–H groups in total. The smallest absolute Gasteiger partial charge is 0.250 e. The highest BCUT2D eigenvalue weighted by Crippen LogP contribution is 2.04. The van der Waals surface area contributed by atoms with E-state index in [2.05, 4.69) is 10.3 Å². The van der Waals surface area contributed by atoms with Gasteiger partial charge in [-0.1, -0.05) is 6.92 Å². The number of rotatable bonds is 5. The first-order chi connectivity index (χ1) is 7.13. The molecule has 1 rings (SSSR count). The van der Waals surface area contributed by atoms with E-state index in [9.17, 15) is 4.79 Å². The molecule has 1 heterocycles. The van der Waals surface area contributed by atoms with Crippen molar-refractivity contribution in [2.45, 2.75) is 19.4 Å². The molecule has 5 nitrogen and oxygen atoms in total. The highest BCUT2D eigenvalue weighted by molar-refractivity contribution is 5.92. The van der Waals surface area contributed by atoms with Gasteiger partial charge in [-0.15, -0.1) is 0 Å². The van der Waals surface area contributed by atoms with Gasteiger partial charge in [-0.25, -0.2) is 4.98 Å². The summed E-state index contributed by atoms with van der Waals surface area (Å²) in [6.07, 6.45) is 2.36. The van der Waals surface area contributed by atoms with Crippen LogP contribution in [0.3, 0.4) is 0 Å². The monoisotopic (exact) mass is 208 g/mol. The zero-order valence-electron chi connectivity index (χ0n) is 8.73. The molecule has 0 saturated heterocycles. The SMILES string of the molecule is CCC(N)CNc1ccc(C(N)=O)cn1. The van der Waals surface area contributed by atoms with Crippen molar-refractivity contribution in [3.63, 3.8) is 0 Å². The largest absolute Gasteiger partial charge is 0.369 e. The van der Waals surface area contributed by atoms with Gasteiger partial charge in [0.2, 0.25) is 5.91 Å². The first-order valence-electron chi connectivity index (χ1n) is 4.88. The first kappa shape index (κ1) is 11.5. The third kappa shape index (κ3) is 3.55. The summed E-state index contributed by atoms with van der Waals surface area (Å²) >= 11 is 0. The van der Waals surface area contributed by atoms with E-state index < -0.39 is 5.91 Å². The number of hydrogen-bond donors (Lipinski definition) is 3. The van der Waals surface area contributed by atoms with Gasteiger partial charge < -0.3 is 16.8 Å². The van der Waals surface area contributed by atoms with Gasteiger partial charge in [0.25, 0.3) is 0 Å². The summed E-state index contributed by atoms with van der Waals surface area (Å²) in [5.41, 5.74) is 11.2. The van der Waals surface area contributed by atoms with Crippen molar-refractivity contribution < 1.29 is 4.79 Å². The van der Waals surface area contributed by atoms with Crippen molar-refractivity contribution >= 4 is 11.7 Å². The van der Waals surface area contributed by atoms with Crippen molar-refractivity contribution in [3.8, 4) is 0 Å². The fourth-order valence-corrected chi connectivity index (χ4v) is 1.02. The Hall–Kier alpha value is -1.62. The maximum absolute atomic E-state index is 10.8. The summed E-state index contributed by atoms with van der Waals surface area (Å²) in [6.45, 7) is 2.69. The van der Waals surface area contributed by atoms with E-state index in [-0.39, 0.29) is 6.04 Å². The van der Waals surface area contributed by atoms with E-state index >= 15 is 0 Å². The van der Waals surface area contributed by atoms with Crippen LogP contribution < -0.4 is 16.8 Å². The number of nitrogens with two attached hydrogens (primary N) is 2. The van der Waals surface area contributed by atoms with Crippen molar-refractivity contribution in [3.05, 3.63) is 23.9 Å². The lowest BCUT2D eigenvalue weighted by molar-refractivity contribution is 0.1000. The molecule has 0 radical (unpaired) electrons. The fourth-order valence-electron chi connectivity index (χ4n) is 1.02. The summed E-state index contributed by atoms with van der Waals surface area (Å²) in [6, 6.07) is 3.46. The second kappa shape index (κ2) is 5.31. The first-order valence-corrected chi connectivity index (χ1v) is 4.88. The quantitative estimate of drug-likeness (QED) is 0.650. The lowest BCUT2D eigenvalue weighted by atomic mass is 10.2. The number of amides is 1. The Morgan fingerprint density at radius 3 is 2.80 bits per heavy atom. The van der Waals surface area contributed by atoms with Crippen LogP contribution in [-0.4, -0.2) is 23.5 Å². The van der Waals surface area contributed by atoms with E-state index in [1.807, 2.05) is 6.92 Å². The molecule has 5 heteroatoms. The molecule has 0 fully saturated rings. The topological polar surface area (TPSA) is 94.0 Å². The van der Waals surface area contributed by atoms with Crippen LogP contribution in [0.4, 0.5) is 5.82 Å². The van der Waals surface area contributed by atoms with E-state index in [4.69, 9.17) is 11.5 Å². The fraction of sp³-hybridized carbons (Fsp3) is 0.400. The highest BCUT2D eigenvalue weighted by Gasteiger charge is 2.02. The predicted molar refractivity (Wildman–Crippen MR) is 59.5 cm³/mol.